The number of pyridine rings is 1. The maximum absolute atomic E-state index is 14.1. The average molecular weight is 498 g/mol. The minimum atomic E-state index is -0.210. The van der Waals surface area contributed by atoms with Gasteiger partial charge in [0.05, 0.1) is 5.69 Å². The second-order valence-electron chi connectivity index (χ2n) is 6.74. The molecule has 1 aromatic heterocycles. The molecule has 1 aliphatic heterocycles. The molecule has 0 unspecified atom stereocenters. The number of guanidine groups is 1. The van der Waals surface area contributed by atoms with Crippen molar-refractivity contribution in [3.8, 4) is 0 Å². The largest absolute Gasteiger partial charge is 0.375 e. The Kier molecular flexibility index (Phi) is 8.28. The normalized spacial score (nSPS) is 14.5. The van der Waals surface area contributed by atoms with E-state index in [9.17, 15) is 4.39 Å². The summed E-state index contributed by atoms with van der Waals surface area (Å²) in [5.41, 5.74) is 1.49. The summed E-state index contributed by atoms with van der Waals surface area (Å²) in [6.07, 6.45) is 1.82. The van der Waals surface area contributed by atoms with E-state index in [2.05, 4.69) is 25.1 Å². The average Bonchev–Trinajstić information content (AvgIpc) is 2.69. The molecule has 0 bridgehead atoms. The smallest absolute Gasteiger partial charge is 0.194 e. The number of hydrogen-bond donors (Lipinski definition) is 1. The van der Waals surface area contributed by atoms with E-state index in [1.165, 1.54) is 0 Å². The lowest BCUT2D eigenvalue weighted by Gasteiger charge is -2.37. The molecule has 0 spiro atoms. The van der Waals surface area contributed by atoms with E-state index in [0.717, 1.165) is 43.5 Å². The van der Waals surface area contributed by atoms with Gasteiger partial charge in [-0.05, 0) is 29.8 Å². The SMILES string of the molecule is CN=C(NCc1ccc(N(C)C)c(F)c1)N1CCN(c2ccccn2)CC1.I. The Morgan fingerprint density at radius 2 is 1.93 bits per heavy atom. The molecule has 0 amide bonds. The van der Waals surface area contributed by atoms with E-state index >= 15 is 0 Å². The molecule has 152 valence electrons. The van der Waals surface area contributed by atoms with Crippen LogP contribution in [0.3, 0.4) is 0 Å². The van der Waals surface area contributed by atoms with Crippen molar-refractivity contribution in [1.29, 1.82) is 0 Å². The second kappa shape index (κ2) is 10.4. The Balaban J connectivity index is 0.00000280. The Morgan fingerprint density at radius 1 is 1.18 bits per heavy atom. The molecule has 3 rings (SSSR count). The molecule has 6 nitrogen and oxygen atoms in total. The van der Waals surface area contributed by atoms with E-state index < -0.39 is 0 Å². The lowest BCUT2D eigenvalue weighted by molar-refractivity contribution is 0.371. The number of benzene rings is 1. The molecule has 2 heterocycles. The third kappa shape index (κ3) is 5.46. The first kappa shape index (κ1) is 22.2. The number of hydrogen-bond acceptors (Lipinski definition) is 4. The van der Waals surface area contributed by atoms with Crippen molar-refractivity contribution >= 4 is 41.4 Å². The Hall–Kier alpha value is -2.10. The monoisotopic (exact) mass is 498 g/mol. The summed E-state index contributed by atoms with van der Waals surface area (Å²) in [5.74, 6) is 1.64. The number of aromatic nitrogens is 1. The van der Waals surface area contributed by atoms with Gasteiger partial charge in [0.25, 0.3) is 0 Å². The van der Waals surface area contributed by atoms with Crippen LogP contribution in [0.1, 0.15) is 5.56 Å². The van der Waals surface area contributed by atoms with Crippen molar-refractivity contribution in [2.75, 3.05) is 57.1 Å². The number of piperazine rings is 1. The fourth-order valence-corrected chi connectivity index (χ4v) is 3.22. The minimum absolute atomic E-state index is 0. The number of nitrogens with zero attached hydrogens (tertiary/aromatic N) is 5. The molecule has 1 fully saturated rings. The van der Waals surface area contributed by atoms with Crippen molar-refractivity contribution in [1.82, 2.24) is 15.2 Å². The first-order valence-corrected chi connectivity index (χ1v) is 9.16. The van der Waals surface area contributed by atoms with Gasteiger partial charge >= 0.3 is 0 Å². The van der Waals surface area contributed by atoms with Crippen molar-refractivity contribution in [3.63, 3.8) is 0 Å². The van der Waals surface area contributed by atoms with Crippen LogP contribution in [0.2, 0.25) is 0 Å². The lowest BCUT2D eigenvalue weighted by Crippen LogP contribution is -2.52. The second-order valence-corrected chi connectivity index (χ2v) is 6.74. The fraction of sp³-hybridized carbons (Fsp3) is 0.400. The maximum Gasteiger partial charge on any atom is 0.194 e. The van der Waals surface area contributed by atoms with Gasteiger partial charge in [-0.15, -0.1) is 24.0 Å². The van der Waals surface area contributed by atoms with Gasteiger partial charge in [0.15, 0.2) is 5.96 Å². The van der Waals surface area contributed by atoms with Gasteiger partial charge in [-0.1, -0.05) is 12.1 Å². The van der Waals surface area contributed by atoms with E-state index in [0.29, 0.717) is 12.2 Å². The van der Waals surface area contributed by atoms with Crippen molar-refractivity contribution in [3.05, 3.63) is 54.0 Å². The highest BCUT2D eigenvalue weighted by atomic mass is 127. The van der Waals surface area contributed by atoms with Gasteiger partial charge in [-0.3, -0.25) is 4.99 Å². The summed E-state index contributed by atoms with van der Waals surface area (Å²) >= 11 is 0. The molecule has 8 heteroatoms. The van der Waals surface area contributed by atoms with Crippen LogP contribution in [0.15, 0.2) is 47.6 Å². The van der Waals surface area contributed by atoms with Crippen molar-refractivity contribution < 1.29 is 4.39 Å². The molecule has 1 saturated heterocycles. The van der Waals surface area contributed by atoms with Crippen LogP contribution in [-0.2, 0) is 6.54 Å². The zero-order valence-corrected chi connectivity index (χ0v) is 18.9. The van der Waals surface area contributed by atoms with Crippen LogP contribution < -0.4 is 15.1 Å². The van der Waals surface area contributed by atoms with Crippen LogP contribution in [0.4, 0.5) is 15.9 Å². The molecule has 0 atom stereocenters. The van der Waals surface area contributed by atoms with Crippen LogP contribution in [0, 0.1) is 5.82 Å². The first-order valence-electron chi connectivity index (χ1n) is 9.16. The highest BCUT2D eigenvalue weighted by Gasteiger charge is 2.20. The summed E-state index contributed by atoms with van der Waals surface area (Å²) in [7, 11) is 5.45. The molecule has 0 aliphatic carbocycles. The summed E-state index contributed by atoms with van der Waals surface area (Å²) in [6, 6.07) is 11.3. The third-order valence-corrected chi connectivity index (χ3v) is 4.71. The molecule has 0 radical (unpaired) electrons. The van der Waals surface area contributed by atoms with Crippen LogP contribution >= 0.6 is 24.0 Å². The first-order chi connectivity index (χ1) is 13.1. The topological polar surface area (TPSA) is 47.0 Å². The van der Waals surface area contributed by atoms with E-state index in [4.69, 9.17) is 0 Å². The molecular weight excluding hydrogens is 470 g/mol. The van der Waals surface area contributed by atoms with E-state index in [-0.39, 0.29) is 29.8 Å². The number of aliphatic imine (C=N–C) groups is 1. The molecule has 1 aromatic carbocycles. The molecular formula is C20H28FIN6. The van der Waals surface area contributed by atoms with Gasteiger partial charge in [0.2, 0.25) is 0 Å². The Labute approximate surface area is 183 Å². The highest BCUT2D eigenvalue weighted by Crippen LogP contribution is 2.18. The molecule has 1 aliphatic rings. The highest BCUT2D eigenvalue weighted by molar-refractivity contribution is 14.0. The number of nitrogens with one attached hydrogen (secondary N) is 1. The standard InChI is InChI=1S/C20H27FN6.HI/c1-22-20(24-15-16-7-8-18(25(2)3)17(21)14-16)27-12-10-26(11-13-27)19-6-4-5-9-23-19;/h4-9,14H,10-13,15H2,1-3H3,(H,22,24);1H. The molecule has 0 saturated carbocycles. The number of halogens is 2. The van der Waals surface area contributed by atoms with Gasteiger partial charge in [-0.25, -0.2) is 9.37 Å². The van der Waals surface area contributed by atoms with Gasteiger partial charge in [0.1, 0.15) is 11.6 Å². The van der Waals surface area contributed by atoms with Crippen LogP contribution in [0.5, 0.6) is 0 Å². The van der Waals surface area contributed by atoms with Crippen LogP contribution in [-0.4, -0.2) is 63.2 Å². The Bertz CT molecular complexity index is 776. The Morgan fingerprint density at radius 3 is 2.50 bits per heavy atom. The molecule has 28 heavy (non-hydrogen) atoms. The lowest BCUT2D eigenvalue weighted by atomic mass is 10.2. The third-order valence-electron chi connectivity index (χ3n) is 4.71. The predicted octanol–water partition coefficient (Wildman–Crippen LogP) is 2.80. The quantitative estimate of drug-likeness (QED) is 0.399. The summed E-state index contributed by atoms with van der Waals surface area (Å²) in [5, 5.41) is 3.35. The van der Waals surface area contributed by atoms with Crippen LogP contribution in [0.25, 0.3) is 0 Å². The zero-order chi connectivity index (χ0) is 19.2. The summed E-state index contributed by atoms with van der Waals surface area (Å²) < 4.78 is 14.1. The van der Waals surface area contributed by atoms with E-state index in [1.807, 2.05) is 44.6 Å². The predicted molar refractivity (Wildman–Crippen MR) is 124 cm³/mol. The van der Waals surface area contributed by atoms with Gasteiger partial charge in [0, 0.05) is 60.1 Å². The number of rotatable bonds is 4. The molecule has 1 N–H and O–H groups in total. The fourth-order valence-electron chi connectivity index (χ4n) is 3.22. The maximum atomic E-state index is 14.1. The molecule has 2 aromatic rings. The zero-order valence-electron chi connectivity index (χ0n) is 16.6. The van der Waals surface area contributed by atoms with Gasteiger partial charge < -0.3 is 20.0 Å². The van der Waals surface area contributed by atoms with Gasteiger partial charge in [-0.2, -0.15) is 0 Å². The summed E-state index contributed by atoms with van der Waals surface area (Å²) in [4.78, 5) is 15.1. The minimum Gasteiger partial charge on any atom is -0.375 e. The van der Waals surface area contributed by atoms with Crippen molar-refractivity contribution in [2.24, 2.45) is 4.99 Å². The van der Waals surface area contributed by atoms with E-state index in [1.54, 1.807) is 24.1 Å². The van der Waals surface area contributed by atoms with Crippen molar-refractivity contribution in [2.45, 2.75) is 6.54 Å². The summed E-state index contributed by atoms with van der Waals surface area (Å²) in [6.45, 7) is 4.06. The number of anilines is 2.